The second-order valence-electron chi connectivity index (χ2n) is 5.01. The van der Waals surface area contributed by atoms with E-state index in [0.717, 1.165) is 5.88 Å². The van der Waals surface area contributed by atoms with Crippen LogP contribution in [0, 0.1) is 0 Å². The minimum atomic E-state index is -1.46. The third kappa shape index (κ3) is 7.88. The van der Waals surface area contributed by atoms with Gasteiger partial charge >= 0.3 is 0 Å². The molecular formula is C8H21NOSi2. The molecule has 12 heavy (non-hydrogen) atoms. The van der Waals surface area contributed by atoms with E-state index in [2.05, 4.69) is 50.8 Å². The standard InChI is InChI=1S/C8H21NOSi2/c1-8(9-11(2,3)4)10-12(5,6)7/h9H,1H2,2-7H3. The van der Waals surface area contributed by atoms with E-state index in [-0.39, 0.29) is 0 Å². The van der Waals surface area contributed by atoms with Crippen molar-refractivity contribution in [2.45, 2.75) is 39.3 Å². The van der Waals surface area contributed by atoms with Crippen LogP contribution >= 0.6 is 0 Å². The molecule has 0 amide bonds. The Morgan fingerprint density at radius 3 is 1.75 bits per heavy atom. The molecule has 1 N–H and O–H groups in total. The van der Waals surface area contributed by atoms with Crippen LogP contribution in [0.1, 0.15) is 0 Å². The van der Waals surface area contributed by atoms with E-state index in [1.165, 1.54) is 0 Å². The largest absolute Gasteiger partial charge is 0.534 e. The van der Waals surface area contributed by atoms with Gasteiger partial charge in [-0.05, 0) is 26.2 Å². The van der Waals surface area contributed by atoms with E-state index in [0.29, 0.717) is 0 Å². The summed E-state index contributed by atoms with van der Waals surface area (Å²) in [4.78, 5) is 3.33. The molecule has 0 rings (SSSR count). The zero-order valence-corrected chi connectivity index (χ0v) is 11.1. The molecule has 2 nitrogen and oxygen atoms in total. The zero-order valence-electron chi connectivity index (χ0n) is 9.12. The van der Waals surface area contributed by atoms with Crippen molar-refractivity contribution in [1.29, 1.82) is 0 Å². The lowest BCUT2D eigenvalue weighted by Crippen LogP contribution is -2.43. The molecule has 0 saturated carbocycles. The fourth-order valence-corrected chi connectivity index (χ4v) is 2.59. The number of nitrogens with one attached hydrogen (secondary N) is 1. The summed E-state index contributed by atoms with van der Waals surface area (Å²) in [7, 11) is -2.73. The van der Waals surface area contributed by atoms with Crippen LogP contribution in [-0.2, 0) is 4.43 Å². The van der Waals surface area contributed by atoms with Crippen LogP contribution in [0.5, 0.6) is 0 Å². The summed E-state index contributed by atoms with van der Waals surface area (Å²) in [5, 5.41) is 0. The first-order chi connectivity index (χ1) is 5.10. The van der Waals surface area contributed by atoms with Crippen molar-refractivity contribution in [2.75, 3.05) is 0 Å². The molecular weight excluding hydrogens is 182 g/mol. The summed E-state index contributed by atoms with van der Waals surface area (Å²) < 4.78 is 5.68. The molecule has 4 heteroatoms. The minimum absolute atomic E-state index is 0.758. The van der Waals surface area contributed by atoms with E-state index in [9.17, 15) is 0 Å². The Hall–Kier alpha value is -0.226. The molecule has 0 atom stereocenters. The molecule has 0 aliphatic rings. The van der Waals surface area contributed by atoms with Crippen LogP contribution in [0.2, 0.25) is 39.3 Å². The summed E-state index contributed by atoms with van der Waals surface area (Å²) in [5.74, 6) is 0.758. The Balaban J connectivity index is 3.92. The number of hydrogen-bond donors (Lipinski definition) is 1. The van der Waals surface area contributed by atoms with Crippen molar-refractivity contribution in [3.8, 4) is 0 Å². The van der Waals surface area contributed by atoms with E-state index < -0.39 is 16.6 Å². The molecule has 0 saturated heterocycles. The average molecular weight is 203 g/mol. The molecule has 0 aromatic rings. The molecule has 0 aromatic carbocycles. The Bertz CT molecular complexity index is 149. The molecule has 0 radical (unpaired) electrons. The van der Waals surface area contributed by atoms with Gasteiger partial charge in [0.1, 0.15) is 8.24 Å². The summed E-state index contributed by atoms with van der Waals surface area (Å²) >= 11 is 0. The lowest BCUT2D eigenvalue weighted by Gasteiger charge is -2.27. The van der Waals surface area contributed by atoms with Gasteiger partial charge in [-0.3, -0.25) is 0 Å². The number of rotatable bonds is 4. The van der Waals surface area contributed by atoms with Crippen molar-refractivity contribution in [3.63, 3.8) is 0 Å². The summed E-state index contributed by atoms with van der Waals surface area (Å²) in [6.45, 7) is 17.0. The fourth-order valence-electron chi connectivity index (χ4n) is 0.813. The maximum Gasteiger partial charge on any atom is 0.244 e. The average Bonchev–Trinajstić information content (AvgIpc) is 1.49. The minimum Gasteiger partial charge on any atom is -0.534 e. The highest BCUT2D eigenvalue weighted by Crippen LogP contribution is 2.08. The summed E-state index contributed by atoms with van der Waals surface area (Å²) in [6, 6.07) is 0. The summed E-state index contributed by atoms with van der Waals surface area (Å²) in [5.41, 5.74) is 0. The first-order valence-electron chi connectivity index (χ1n) is 4.26. The van der Waals surface area contributed by atoms with Gasteiger partial charge in [0.15, 0.2) is 5.88 Å². The zero-order chi connectivity index (χ0) is 9.99. The highest BCUT2D eigenvalue weighted by Gasteiger charge is 2.20. The van der Waals surface area contributed by atoms with Gasteiger partial charge in [0.25, 0.3) is 0 Å². The second kappa shape index (κ2) is 3.66. The lowest BCUT2D eigenvalue weighted by atomic mass is 11.0. The molecule has 0 unspecified atom stereocenters. The lowest BCUT2D eigenvalue weighted by molar-refractivity contribution is 0.403. The highest BCUT2D eigenvalue weighted by atomic mass is 28.4. The van der Waals surface area contributed by atoms with Crippen molar-refractivity contribution >= 4 is 16.6 Å². The predicted octanol–water partition coefficient (Wildman–Crippen LogP) is 2.73. The van der Waals surface area contributed by atoms with Gasteiger partial charge in [-0.2, -0.15) is 0 Å². The molecule has 0 aliphatic carbocycles. The van der Waals surface area contributed by atoms with Crippen LogP contribution in [0.25, 0.3) is 0 Å². The number of hydrogen-bond acceptors (Lipinski definition) is 2. The van der Waals surface area contributed by atoms with E-state index >= 15 is 0 Å². The molecule has 0 spiro atoms. The van der Waals surface area contributed by atoms with Crippen molar-refractivity contribution in [1.82, 2.24) is 4.98 Å². The molecule has 0 aliphatic heterocycles. The molecule has 0 fully saturated rings. The third-order valence-electron chi connectivity index (χ3n) is 0.944. The molecule has 0 heterocycles. The van der Waals surface area contributed by atoms with Crippen molar-refractivity contribution < 1.29 is 4.43 Å². The van der Waals surface area contributed by atoms with Crippen LogP contribution in [0.3, 0.4) is 0 Å². The molecule has 0 aromatic heterocycles. The SMILES string of the molecule is C=C(N[Si](C)(C)C)O[Si](C)(C)C. The van der Waals surface area contributed by atoms with E-state index in [1.807, 2.05) is 0 Å². The second-order valence-corrected chi connectivity index (χ2v) is 14.2. The maximum absolute atomic E-state index is 5.68. The monoisotopic (exact) mass is 203 g/mol. The van der Waals surface area contributed by atoms with Gasteiger partial charge < -0.3 is 9.41 Å². The van der Waals surface area contributed by atoms with Gasteiger partial charge in [0, 0.05) is 0 Å². The molecule has 72 valence electrons. The van der Waals surface area contributed by atoms with Gasteiger partial charge in [0.05, 0.1) is 0 Å². The van der Waals surface area contributed by atoms with Crippen LogP contribution in [0.4, 0.5) is 0 Å². The normalized spacial score (nSPS) is 12.5. The van der Waals surface area contributed by atoms with Gasteiger partial charge in [-0.25, -0.2) is 0 Å². The smallest absolute Gasteiger partial charge is 0.244 e. The Labute approximate surface area is 78.2 Å². The van der Waals surface area contributed by atoms with Crippen molar-refractivity contribution in [2.24, 2.45) is 0 Å². The quantitative estimate of drug-likeness (QED) is 0.560. The van der Waals surface area contributed by atoms with E-state index in [4.69, 9.17) is 4.43 Å². The predicted molar refractivity (Wildman–Crippen MR) is 60.1 cm³/mol. The van der Waals surface area contributed by atoms with Gasteiger partial charge in [-0.15, -0.1) is 0 Å². The summed E-state index contributed by atoms with van der Waals surface area (Å²) in [6.07, 6.45) is 0. The first-order valence-corrected chi connectivity index (χ1v) is 11.2. The van der Waals surface area contributed by atoms with E-state index in [1.54, 1.807) is 0 Å². The van der Waals surface area contributed by atoms with Crippen molar-refractivity contribution in [3.05, 3.63) is 12.5 Å². The highest BCUT2D eigenvalue weighted by molar-refractivity contribution is 6.74. The Kier molecular flexibility index (Phi) is 3.59. The maximum atomic E-state index is 5.68. The van der Waals surface area contributed by atoms with Crippen LogP contribution in [0.15, 0.2) is 12.5 Å². The first kappa shape index (κ1) is 11.8. The topological polar surface area (TPSA) is 21.3 Å². The Morgan fingerprint density at radius 2 is 1.50 bits per heavy atom. The third-order valence-corrected chi connectivity index (χ3v) is 2.83. The Morgan fingerprint density at radius 1 is 1.08 bits per heavy atom. The fraction of sp³-hybridized carbons (Fsp3) is 0.750. The van der Waals surface area contributed by atoms with Crippen LogP contribution < -0.4 is 4.98 Å². The van der Waals surface area contributed by atoms with Gasteiger partial charge in [0.2, 0.25) is 8.32 Å². The van der Waals surface area contributed by atoms with Crippen LogP contribution in [-0.4, -0.2) is 16.6 Å². The van der Waals surface area contributed by atoms with Gasteiger partial charge in [-0.1, -0.05) is 19.6 Å². The molecule has 0 bridgehead atoms.